The molecule has 0 aromatic rings. The van der Waals surface area contributed by atoms with Crippen molar-refractivity contribution in [3.8, 4) is 0 Å². The molecule has 356 valence electrons. The fourth-order valence-corrected chi connectivity index (χ4v) is 5.91. The van der Waals surface area contributed by atoms with Crippen LogP contribution in [-0.4, -0.2) is 124 Å². The Kier molecular flexibility index (Phi) is 14.9. The standard InChI is InChI=1S/C21H14F30O6S2/c1-7(57-59(54,55)5-3-9(24,25)13(30,31)17(38,39)15(34,35)11(27,20(46,47)48)21(49,50)51)6-56-58(52,53)4-2-8(22,23)12(28,29)16(36,37)14(32,33)10(26,18(40,41)42)19(43,44)45/h7H,2-6H2,1H3. The van der Waals surface area contributed by atoms with Crippen LogP contribution in [0.5, 0.6) is 0 Å². The van der Waals surface area contributed by atoms with Crippen LogP contribution >= 0.6 is 0 Å². The number of hydrogen-bond acceptors (Lipinski definition) is 6. The molecule has 0 spiro atoms. The normalized spacial score (nSPS) is 17.1. The highest BCUT2D eigenvalue weighted by molar-refractivity contribution is 7.87. The van der Waals surface area contributed by atoms with Crippen molar-refractivity contribution in [2.24, 2.45) is 0 Å². The van der Waals surface area contributed by atoms with E-state index in [4.69, 9.17) is 0 Å². The summed E-state index contributed by atoms with van der Waals surface area (Å²) in [5.74, 6) is -72.3. The van der Waals surface area contributed by atoms with Crippen molar-refractivity contribution in [3.05, 3.63) is 0 Å². The Hall–Kier alpha value is -2.28. The van der Waals surface area contributed by atoms with Gasteiger partial charge < -0.3 is 0 Å². The largest absolute Gasteiger partial charge is 0.438 e. The van der Waals surface area contributed by atoms with Crippen molar-refractivity contribution in [1.82, 2.24) is 0 Å². The second-order valence-electron chi connectivity index (χ2n) is 11.4. The lowest BCUT2D eigenvalue weighted by molar-refractivity contribution is -0.457. The maximum absolute atomic E-state index is 14.0. The summed E-state index contributed by atoms with van der Waals surface area (Å²) in [6.45, 7) is -2.09. The molecule has 0 aliphatic carbocycles. The molecule has 0 aromatic heterocycles. The van der Waals surface area contributed by atoms with Gasteiger partial charge in [-0.3, -0.25) is 8.37 Å². The van der Waals surface area contributed by atoms with Gasteiger partial charge in [-0.2, -0.15) is 140 Å². The van der Waals surface area contributed by atoms with Gasteiger partial charge in [-0.1, -0.05) is 0 Å². The molecule has 0 amide bonds. The van der Waals surface area contributed by atoms with Gasteiger partial charge in [0, 0.05) is 12.8 Å². The minimum Gasteiger partial charge on any atom is -0.267 e. The average molecular weight is 996 g/mol. The van der Waals surface area contributed by atoms with Gasteiger partial charge in [0.25, 0.3) is 20.2 Å². The van der Waals surface area contributed by atoms with E-state index in [2.05, 4.69) is 8.37 Å². The molecule has 6 nitrogen and oxygen atoms in total. The first-order valence-corrected chi connectivity index (χ1v) is 16.6. The molecule has 0 rings (SSSR count). The van der Waals surface area contributed by atoms with Crippen LogP contribution in [0.1, 0.15) is 19.8 Å². The third-order valence-corrected chi connectivity index (χ3v) is 9.57. The Balaban J connectivity index is 6.11. The van der Waals surface area contributed by atoms with Gasteiger partial charge in [0.1, 0.15) is 0 Å². The first kappa shape index (κ1) is 56.7. The SMILES string of the molecule is CC(COS(=O)(=O)CCC(F)(F)C(F)(F)C(F)(F)C(F)(F)C(F)(C(F)(F)F)C(F)(F)F)OS(=O)(=O)CCC(F)(F)C(F)(F)C(F)(F)C(F)(F)C(F)(C(F)(F)F)C(F)(F)F. The molecule has 0 aliphatic heterocycles. The number of rotatable bonds is 19. The second kappa shape index (κ2) is 15.5. The van der Waals surface area contributed by atoms with E-state index in [9.17, 15) is 149 Å². The van der Waals surface area contributed by atoms with Crippen LogP contribution in [0.3, 0.4) is 0 Å². The Morgan fingerprint density at radius 1 is 0.373 bits per heavy atom. The molecular weight excluding hydrogens is 982 g/mol. The van der Waals surface area contributed by atoms with Crippen LogP contribution < -0.4 is 0 Å². The molecule has 1 atom stereocenters. The molecule has 0 radical (unpaired) electrons. The molecule has 59 heavy (non-hydrogen) atoms. The van der Waals surface area contributed by atoms with E-state index < -0.39 is 141 Å². The summed E-state index contributed by atoms with van der Waals surface area (Å²) in [4.78, 5) is 0. The fourth-order valence-electron chi connectivity index (χ4n) is 3.72. The number of hydrogen-bond donors (Lipinski definition) is 0. The van der Waals surface area contributed by atoms with E-state index in [1.165, 1.54) is 0 Å². The van der Waals surface area contributed by atoms with Crippen LogP contribution in [0.2, 0.25) is 0 Å². The molecule has 0 heterocycles. The van der Waals surface area contributed by atoms with E-state index in [-0.39, 0.29) is 6.92 Å². The van der Waals surface area contributed by atoms with Crippen molar-refractivity contribution >= 4 is 20.2 Å². The molecule has 0 fully saturated rings. The van der Waals surface area contributed by atoms with Crippen LogP contribution in [0.4, 0.5) is 132 Å². The first-order chi connectivity index (χ1) is 25.0. The zero-order valence-electron chi connectivity index (χ0n) is 26.7. The Morgan fingerprint density at radius 2 is 0.610 bits per heavy atom. The number of alkyl halides is 30. The summed E-state index contributed by atoms with van der Waals surface area (Å²) >= 11 is 0. The van der Waals surface area contributed by atoms with Gasteiger partial charge in [0.2, 0.25) is 0 Å². The van der Waals surface area contributed by atoms with E-state index in [1.807, 2.05) is 0 Å². The van der Waals surface area contributed by atoms with Crippen LogP contribution in [0, 0.1) is 0 Å². The van der Waals surface area contributed by atoms with Gasteiger partial charge in [-0.15, -0.1) is 0 Å². The van der Waals surface area contributed by atoms with Crippen LogP contribution in [0.15, 0.2) is 0 Å². The summed E-state index contributed by atoms with van der Waals surface area (Å²) in [5.41, 5.74) is -17.4. The van der Waals surface area contributed by atoms with Gasteiger partial charge >= 0.3 is 83.4 Å². The molecule has 0 N–H and O–H groups in total. The summed E-state index contributed by atoms with van der Waals surface area (Å²) in [6, 6.07) is 0. The quantitative estimate of drug-likeness (QED) is 0.0948. The zero-order chi connectivity index (χ0) is 48.5. The smallest absolute Gasteiger partial charge is 0.267 e. The fraction of sp³-hybridized carbons (Fsp3) is 1.00. The highest BCUT2D eigenvalue weighted by atomic mass is 32.2. The zero-order valence-corrected chi connectivity index (χ0v) is 28.4. The van der Waals surface area contributed by atoms with Crippen LogP contribution in [0.25, 0.3) is 0 Å². The third kappa shape index (κ3) is 9.41. The predicted molar refractivity (Wildman–Crippen MR) is 125 cm³/mol. The summed E-state index contributed by atoms with van der Waals surface area (Å²) < 4.78 is 453. The maximum Gasteiger partial charge on any atom is 0.438 e. The molecule has 38 heteroatoms. The summed E-state index contributed by atoms with van der Waals surface area (Å²) in [6.07, 6.45) is -43.2. The summed E-state index contributed by atoms with van der Waals surface area (Å²) in [5, 5.41) is 0. The van der Waals surface area contributed by atoms with E-state index in [0.29, 0.717) is 0 Å². The van der Waals surface area contributed by atoms with Crippen molar-refractivity contribution < 1.29 is 157 Å². The lowest BCUT2D eigenvalue weighted by atomic mass is 9.85. The average Bonchev–Trinajstić information content (AvgIpc) is 2.98. The molecular formula is C21H14F30O6S2. The van der Waals surface area contributed by atoms with Gasteiger partial charge in [0.15, 0.2) is 0 Å². The number of halogens is 30. The van der Waals surface area contributed by atoms with Gasteiger partial charge in [-0.25, -0.2) is 8.78 Å². The monoisotopic (exact) mass is 996 g/mol. The van der Waals surface area contributed by atoms with Gasteiger partial charge in [0.05, 0.1) is 24.2 Å². The molecule has 0 aliphatic rings. The third-order valence-electron chi connectivity index (χ3n) is 7.05. The Labute approximate surface area is 305 Å². The van der Waals surface area contributed by atoms with E-state index >= 15 is 0 Å². The minimum absolute atomic E-state index is 0.0829. The van der Waals surface area contributed by atoms with Crippen LogP contribution in [-0.2, 0) is 28.6 Å². The first-order valence-electron chi connectivity index (χ1n) is 13.5. The molecule has 0 saturated carbocycles. The lowest BCUT2D eigenvalue weighted by Gasteiger charge is -2.43. The molecule has 1 unspecified atom stereocenters. The Morgan fingerprint density at radius 3 is 0.847 bits per heavy atom. The van der Waals surface area contributed by atoms with Crippen molar-refractivity contribution in [2.75, 3.05) is 18.1 Å². The second-order valence-corrected chi connectivity index (χ2v) is 14.9. The molecule has 0 bridgehead atoms. The highest BCUT2D eigenvalue weighted by Crippen LogP contribution is 2.66. The van der Waals surface area contributed by atoms with Crippen molar-refractivity contribution in [3.63, 3.8) is 0 Å². The molecule has 0 saturated heterocycles. The Bertz CT molecular complexity index is 1660. The van der Waals surface area contributed by atoms with Crippen molar-refractivity contribution in [1.29, 1.82) is 0 Å². The minimum atomic E-state index is -8.90. The summed E-state index contributed by atoms with van der Waals surface area (Å²) in [7, 11) is -12.5. The topological polar surface area (TPSA) is 86.7 Å². The van der Waals surface area contributed by atoms with Gasteiger partial charge in [-0.05, 0) is 6.92 Å². The maximum atomic E-state index is 14.0. The van der Waals surface area contributed by atoms with E-state index in [0.717, 1.165) is 0 Å². The predicted octanol–water partition coefficient (Wildman–Crippen LogP) is 9.60. The molecule has 0 aromatic carbocycles. The van der Waals surface area contributed by atoms with E-state index in [1.54, 1.807) is 0 Å². The highest BCUT2D eigenvalue weighted by Gasteiger charge is 2.97. The van der Waals surface area contributed by atoms with Crippen molar-refractivity contribution in [2.45, 2.75) is 109 Å². The lowest BCUT2D eigenvalue weighted by Crippen LogP contribution is -2.75.